The van der Waals surface area contributed by atoms with E-state index in [4.69, 9.17) is 4.74 Å². The molecule has 94 valence electrons. The van der Waals surface area contributed by atoms with Gasteiger partial charge in [-0.2, -0.15) is 0 Å². The van der Waals surface area contributed by atoms with Crippen molar-refractivity contribution in [3.63, 3.8) is 0 Å². The Kier molecular flexibility index (Phi) is 4.87. The number of amides is 1. The quantitative estimate of drug-likeness (QED) is 0.793. The monoisotopic (exact) mass is 243 g/mol. The number of carbonyl (C=O) groups is 1. The molecule has 0 unspecified atom stereocenters. The Bertz CT molecular complexity index is 392. The lowest BCUT2D eigenvalue weighted by molar-refractivity contribution is -0.132. The smallest absolute Gasteiger partial charge is 0.260 e. The van der Waals surface area contributed by atoms with Crippen molar-refractivity contribution in [1.29, 1.82) is 0 Å². The van der Waals surface area contributed by atoms with Crippen molar-refractivity contribution < 1.29 is 18.3 Å². The van der Waals surface area contributed by atoms with Gasteiger partial charge in [0.25, 0.3) is 5.91 Å². The van der Waals surface area contributed by atoms with E-state index >= 15 is 0 Å². The van der Waals surface area contributed by atoms with Gasteiger partial charge in [0.2, 0.25) is 0 Å². The minimum atomic E-state index is -0.988. The molecule has 1 aromatic rings. The van der Waals surface area contributed by atoms with Crippen LogP contribution in [0, 0.1) is 11.6 Å². The maximum atomic E-state index is 12.8. The first kappa shape index (κ1) is 13.4. The Morgan fingerprint density at radius 3 is 2.41 bits per heavy atom. The lowest BCUT2D eigenvalue weighted by Gasteiger charge is -2.18. The van der Waals surface area contributed by atoms with Crippen LogP contribution in [-0.2, 0) is 4.79 Å². The van der Waals surface area contributed by atoms with Gasteiger partial charge in [0.15, 0.2) is 18.2 Å². The van der Waals surface area contributed by atoms with E-state index < -0.39 is 11.6 Å². The standard InChI is InChI=1S/C12H15F2NO2/c1-3-15(4-2)12(16)8-17-9-5-6-10(13)11(14)7-9/h5-7H,3-4,8H2,1-2H3. The van der Waals surface area contributed by atoms with Gasteiger partial charge >= 0.3 is 0 Å². The van der Waals surface area contributed by atoms with Crippen LogP contribution < -0.4 is 4.74 Å². The van der Waals surface area contributed by atoms with Crippen LogP contribution in [0.25, 0.3) is 0 Å². The molecule has 0 radical (unpaired) electrons. The van der Waals surface area contributed by atoms with E-state index in [2.05, 4.69) is 0 Å². The van der Waals surface area contributed by atoms with Crippen LogP contribution in [0.4, 0.5) is 8.78 Å². The molecule has 0 bridgehead atoms. The number of ether oxygens (including phenoxy) is 1. The minimum Gasteiger partial charge on any atom is -0.484 e. The van der Waals surface area contributed by atoms with Gasteiger partial charge in [-0.3, -0.25) is 4.79 Å². The molecule has 1 amide bonds. The topological polar surface area (TPSA) is 29.5 Å². The molecular formula is C12H15F2NO2. The second kappa shape index (κ2) is 6.18. The summed E-state index contributed by atoms with van der Waals surface area (Å²) < 4.78 is 30.6. The maximum absolute atomic E-state index is 12.8. The number of likely N-dealkylation sites (N-methyl/N-ethyl adjacent to an activating group) is 1. The average Bonchev–Trinajstić information content (AvgIpc) is 2.32. The van der Waals surface area contributed by atoms with Gasteiger partial charge in [0, 0.05) is 19.2 Å². The van der Waals surface area contributed by atoms with E-state index in [-0.39, 0.29) is 18.3 Å². The third-order valence-electron chi connectivity index (χ3n) is 2.37. The molecular weight excluding hydrogens is 228 g/mol. The van der Waals surface area contributed by atoms with Gasteiger partial charge in [-0.15, -0.1) is 0 Å². The van der Waals surface area contributed by atoms with Crippen molar-refractivity contribution in [2.24, 2.45) is 0 Å². The lowest BCUT2D eigenvalue weighted by Crippen LogP contribution is -2.34. The third kappa shape index (κ3) is 3.69. The van der Waals surface area contributed by atoms with Crippen molar-refractivity contribution in [2.45, 2.75) is 13.8 Å². The molecule has 0 atom stereocenters. The van der Waals surface area contributed by atoms with Crippen molar-refractivity contribution in [1.82, 2.24) is 4.90 Å². The molecule has 3 nitrogen and oxygen atoms in total. The predicted molar refractivity (Wildman–Crippen MR) is 59.8 cm³/mol. The van der Waals surface area contributed by atoms with E-state index in [9.17, 15) is 13.6 Å². The summed E-state index contributed by atoms with van der Waals surface area (Å²) >= 11 is 0. The molecule has 0 heterocycles. The van der Waals surface area contributed by atoms with Crippen molar-refractivity contribution in [3.05, 3.63) is 29.8 Å². The third-order valence-corrected chi connectivity index (χ3v) is 2.37. The van der Waals surface area contributed by atoms with Crippen LogP contribution in [0.15, 0.2) is 18.2 Å². The second-order valence-electron chi connectivity index (χ2n) is 3.43. The SMILES string of the molecule is CCN(CC)C(=O)COc1ccc(F)c(F)c1. The van der Waals surface area contributed by atoms with Gasteiger partial charge in [-0.25, -0.2) is 8.78 Å². The molecule has 1 aromatic carbocycles. The van der Waals surface area contributed by atoms with Gasteiger partial charge in [-0.05, 0) is 26.0 Å². The first-order valence-corrected chi connectivity index (χ1v) is 5.44. The summed E-state index contributed by atoms with van der Waals surface area (Å²) in [6, 6.07) is 3.17. The van der Waals surface area contributed by atoms with Gasteiger partial charge in [0.1, 0.15) is 5.75 Å². The summed E-state index contributed by atoms with van der Waals surface area (Å²) in [5.41, 5.74) is 0. The summed E-state index contributed by atoms with van der Waals surface area (Å²) in [5, 5.41) is 0. The number of carbonyl (C=O) groups excluding carboxylic acids is 1. The molecule has 0 aliphatic rings. The van der Waals surface area contributed by atoms with E-state index in [0.717, 1.165) is 12.1 Å². The Labute approximate surface area is 99.0 Å². The largest absolute Gasteiger partial charge is 0.484 e. The molecule has 5 heteroatoms. The van der Waals surface area contributed by atoms with E-state index in [1.807, 2.05) is 13.8 Å². The highest BCUT2D eigenvalue weighted by atomic mass is 19.2. The molecule has 1 rings (SSSR count). The fourth-order valence-electron chi connectivity index (χ4n) is 1.38. The molecule has 0 aliphatic heterocycles. The highest BCUT2D eigenvalue weighted by Crippen LogP contribution is 2.15. The normalized spacial score (nSPS) is 10.1. The molecule has 0 saturated carbocycles. The zero-order valence-corrected chi connectivity index (χ0v) is 9.87. The summed E-state index contributed by atoms with van der Waals surface area (Å²) in [6.45, 7) is 4.73. The fraction of sp³-hybridized carbons (Fsp3) is 0.417. The van der Waals surface area contributed by atoms with Crippen molar-refractivity contribution in [3.8, 4) is 5.75 Å². The minimum absolute atomic E-state index is 0.143. The summed E-state index contributed by atoms with van der Waals surface area (Å²) in [6.07, 6.45) is 0. The summed E-state index contributed by atoms with van der Waals surface area (Å²) in [4.78, 5) is 13.2. The molecule has 0 N–H and O–H groups in total. The zero-order chi connectivity index (χ0) is 12.8. The van der Waals surface area contributed by atoms with Crippen LogP contribution in [0.3, 0.4) is 0 Å². The van der Waals surface area contributed by atoms with Crippen LogP contribution in [0.2, 0.25) is 0 Å². The number of benzene rings is 1. The Balaban J connectivity index is 2.55. The van der Waals surface area contributed by atoms with Crippen molar-refractivity contribution >= 4 is 5.91 Å². The molecule has 0 fully saturated rings. The molecule has 0 aliphatic carbocycles. The Hall–Kier alpha value is -1.65. The summed E-state index contributed by atoms with van der Waals surface area (Å²) in [7, 11) is 0. The first-order chi connectivity index (χ1) is 8.08. The van der Waals surface area contributed by atoms with E-state index in [0.29, 0.717) is 13.1 Å². The molecule has 0 saturated heterocycles. The van der Waals surface area contributed by atoms with Gasteiger partial charge in [-0.1, -0.05) is 0 Å². The number of nitrogens with zero attached hydrogens (tertiary/aromatic N) is 1. The summed E-state index contributed by atoms with van der Waals surface area (Å²) in [5.74, 6) is -1.96. The Morgan fingerprint density at radius 1 is 1.24 bits per heavy atom. The zero-order valence-electron chi connectivity index (χ0n) is 9.87. The highest BCUT2D eigenvalue weighted by Gasteiger charge is 2.10. The predicted octanol–water partition coefficient (Wildman–Crippen LogP) is 2.21. The van der Waals surface area contributed by atoms with Crippen molar-refractivity contribution in [2.75, 3.05) is 19.7 Å². The molecule has 17 heavy (non-hydrogen) atoms. The van der Waals surface area contributed by atoms with Gasteiger partial charge in [0.05, 0.1) is 0 Å². The fourth-order valence-corrected chi connectivity index (χ4v) is 1.38. The van der Waals surface area contributed by atoms with E-state index in [1.54, 1.807) is 4.90 Å². The maximum Gasteiger partial charge on any atom is 0.260 e. The van der Waals surface area contributed by atoms with Crippen LogP contribution in [0.5, 0.6) is 5.75 Å². The van der Waals surface area contributed by atoms with Crippen LogP contribution in [0.1, 0.15) is 13.8 Å². The lowest BCUT2D eigenvalue weighted by atomic mass is 10.3. The number of rotatable bonds is 5. The first-order valence-electron chi connectivity index (χ1n) is 5.44. The number of halogens is 2. The molecule has 0 spiro atoms. The molecule has 0 aromatic heterocycles. The van der Waals surface area contributed by atoms with E-state index in [1.165, 1.54) is 6.07 Å². The second-order valence-corrected chi connectivity index (χ2v) is 3.43. The average molecular weight is 243 g/mol. The van der Waals surface area contributed by atoms with Gasteiger partial charge < -0.3 is 9.64 Å². The highest BCUT2D eigenvalue weighted by molar-refractivity contribution is 5.77. The number of hydrogen-bond acceptors (Lipinski definition) is 2. The number of hydrogen-bond donors (Lipinski definition) is 0. The van der Waals surface area contributed by atoms with Crippen LogP contribution >= 0.6 is 0 Å². The van der Waals surface area contributed by atoms with Crippen LogP contribution in [-0.4, -0.2) is 30.5 Å². The Morgan fingerprint density at radius 2 is 1.88 bits per heavy atom.